The molecular weight excluding hydrogens is 276 g/mol. The maximum absolute atomic E-state index is 10.1. The molecule has 1 saturated heterocycles. The van der Waals surface area contributed by atoms with E-state index in [1.54, 1.807) is 0 Å². The summed E-state index contributed by atoms with van der Waals surface area (Å²) in [5.74, 6) is 0. The third kappa shape index (κ3) is 5.34. The van der Waals surface area contributed by atoms with Crippen molar-refractivity contribution in [2.45, 2.75) is 52.1 Å². The Labute approximate surface area is 133 Å². The molecule has 1 aliphatic heterocycles. The van der Waals surface area contributed by atoms with Crippen LogP contribution in [0.1, 0.15) is 45.1 Å². The fraction of sp³-hybridized carbons (Fsp3) is 0.611. The highest BCUT2D eigenvalue weighted by Crippen LogP contribution is 2.11. The first-order valence-electron chi connectivity index (χ1n) is 8.49. The molecule has 1 aromatic rings. The van der Waals surface area contributed by atoms with E-state index < -0.39 is 0 Å². The highest BCUT2D eigenvalue weighted by Gasteiger charge is 2.18. The second-order valence-electron chi connectivity index (χ2n) is 6.13. The molecule has 22 heavy (non-hydrogen) atoms. The predicted octanol–water partition coefficient (Wildman–Crippen LogP) is 2.16. The van der Waals surface area contributed by atoms with Crippen LogP contribution in [0.15, 0.2) is 24.3 Å². The Morgan fingerprint density at radius 2 is 2.00 bits per heavy atom. The first kappa shape index (κ1) is 16.8. The Bertz CT molecular complexity index is 482. The number of likely N-dealkylation sites (tertiary alicyclic amines) is 1. The summed E-state index contributed by atoms with van der Waals surface area (Å²) in [6.07, 6.45) is 5.80. The molecule has 0 spiro atoms. The second kappa shape index (κ2) is 8.79. The van der Waals surface area contributed by atoms with Gasteiger partial charge >= 0.3 is 6.08 Å². The van der Waals surface area contributed by atoms with Crippen molar-refractivity contribution in [2.24, 2.45) is 0 Å². The van der Waals surface area contributed by atoms with E-state index >= 15 is 0 Å². The fourth-order valence-corrected chi connectivity index (χ4v) is 3.01. The molecule has 0 saturated carbocycles. The zero-order valence-electron chi connectivity index (χ0n) is 13.8. The molecule has 4 heteroatoms. The van der Waals surface area contributed by atoms with Crippen LogP contribution in [0.25, 0.3) is 0 Å². The van der Waals surface area contributed by atoms with Crippen molar-refractivity contribution in [3.05, 3.63) is 29.8 Å². The summed E-state index contributed by atoms with van der Waals surface area (Å²) < 4.78 is 5.61. The summed E-state index contributed by atoms with van der Waals surface area (Å²) in [5, 5.41) is 10.1. The number of benzene rings is 1. The number of ether oxygens (including phenoxy) is 1. The van der Waals surface area contributed by atoms with E-state index in [1.165, 1.54) is 24.8 Å². The summed E-state index contributed by atoms with van der Waals surface area (Å²) >= 11 is 0. The number of hydrogen-bond acceptors (Lipinski definition) is 2. The lowest BCUT2D eigenvalue weighted by Gasteiger charge is -2.28. The maximum atomic E-state index is 10.1. The van der Waals surface area contributed by atoms with Gasteiger partial charge in [-0.1, -0.05) is 38.0 Å². The Morgan fingerprint density at radius 3 is 2.73 bits per heavy atom. The van der Waals surface area contributed by atoms with Gasteiger partial charge in [0.25, 0.3) is 0 Å². The van der Waals surface area contributed by atoms with Gasteiger partial charge in [0.15, 0.2) is 0 Å². The highest BCUT2D eigenvalue weighted by molar-refractivity contribution is 5.59. The van der Waals surface area contributed by atoms with Gasteiger partial charge in [0.2, 0.25) is 5.69 Å². The van der Waals surface area contributed by atoms with Gasteiger partial charge in [-0.15, -0.1) is 4.99 Å². The minimum Gasteiger partial charge on any atom is -0.430 e. The van der Waals surface area contributed by atoms with Crippen LogP contribution in [0.3, 0.4) is 0 Å². The molecule has 0 unspecified atom stereocenters. The molecule has 1 fully saturated rings. The minimum absolute atomic E-state index is 0.0241. The Morgan fingerprint density at radius 1 is 1.27 bits per heavy atom. The van der Waals surface area contributed by atoms with Crippen LogP contribution in [-0.2, 0) is 11.2 Å². The number of hydrogen-bond donors (Lipinski definition) is 2. The van der Waals surface area contributed by atoms with E-state index in [1.807, 2.05) is 25.1 Å². The lowest BCUT2D eigenvalue weighted by atomic mass is 10.1. The SMILES string of the molecule is CCCc1ccccc1[NH+]=C(O)O[C@H](C)CN1CCCCC1. The molecule has 1 heterocycles. The van der Waals surface area contributed by atoms with E-state index in [-0.39, 0.29) is 12.2 Å². The van der Waals surface area contributed by atoms with Crippen molar-refractivity contribution < 1.29 is 14.8 Å². The van der Waals surface area contributed by atoms with Gasteiger partial charge in [0.05, 0.1) is 0 Å². The van der Waals surface area contributed by atoms with Gasteiger partial charge in [-0.05, 0) is 39.3 Å². The molecule has 0 radical (unpaired) electrons. The van der Waals surface area contributed by atoms with Gasteiger partial charge in [0.1, 0.15) is 6.10 Å². The molecule has 0 bridgehead atoms. The van der Waals surface area contributed by atoms with Crippen molar-refractivity contribution in [3.63, 3.8) is 0 Å². The zero-order chi connectivity index (χ0) is 15.8. The van der Waals surface area contributed by atoms with Crippen molar-refractivity contribution in [2.75, 3.05) is 19.6 Å². The summed E-state index contributed by atoms with van der Waals surface area (Å²) in [4.78, 5) is 5.40. The summed E-state index contributed by atoms with van der Waals surface area (Å²) in [7, 11) is 0. The van der Waals surface area contributed by atoms with Gasteiger partial charge in [-0.3, -0.25) is 4.90 Å². The van der Waals surface area contributed by atoms with E-state index in [0.717, 1.165) is 38.2 Å². The van der Waals surface area contributed by atoms with E-state index in [0.29, 0.717) is 0 Å². The van der Waals surface area contributed by atoms with Crippen LogP contribution >= 0.6 is 0 Å². The minimum atomic E-state index is -0.104. The van der Waals surface area contributed by atoms with Crippen molar-refractivity contribution in [1.29, 1.82) is 0 Å². The predicted molar refractivity (Wildman–Crippen MR) is 89.5 cm³/mol. The molecule has 0 aromatic heterocycles. The van der Waals surface area contributed by atoms with Crippen LogP contribution in [-0.4, -0.2) is 41.8 Å². The van der Waals surface area contributed by atoms with E-state index in [9.17, 15) is 5.11 Å². The second-order valence-corrected chi connectivity index (χ2v) is 6.13. The Balaban J connectivity index is 1.91. The molecule has 4 nitrogen and oxygen atoms in total. The number of rotatable bonds is 6. The highest BCUT2D eigenvalue weighted by atomic mass is 16.6. The summed E-state index contributed by atoms with van der Waals surface area (Å²) in [6.45, 7) is 7.30. The number of aliphatic hydroxyl groups excluding tert-OH is 1. The zero-order valence-corrected chi connectivity index (χ0v) is 13.8. The lowest BCUT2D eigenvalue weighted by Crippen LogP contribution is -2.68. The Kier molecular flexibility index (Phi) is 6.72. The largest absolute Gasteiger partial charge is 0.551 e. The molecule has 122 valence electrons. The quantitative estimate of drug-likeness (QED) is 0.625. The normalized spacial score (nSPS) is 18.2. The molecule has 0 aliphatic carbocycles. The fourth-order valence-electron chi connectivity index (χ4n) is 3.01. The molecule has 0 amide bonds. The first-order chi connectivity index (χ1) is 10.7. The number of piperidine rings is 1. The molecular formula is C18H29N2O2+. The van der Waals surface area contributed by atoms with Crippen molar-refractivity contribution >= 4 is 11.8 Å². The van der Waals surface area contributed by atoms with Crippen LogP contribution < -0.4 is 4.99 Å². The van der Waals surface area contributed by atoms with E-state index in [4.69, 9.17) is 4.74 Å². The number of para-hydroxylation sites is 1. The number of aliphatic hydroxyl groups is 1. The standard InChI is InChI=1S/C18H28N2O2/c1-3-9-16-10-5-6-11-17(16)19-18(21)22-15(2)14-20-12-7-4-8-13-20/h5-6,10-11,15H,3-4,7-9,12-14H2,1-2H3,(H,19,21)/p+1/t15-/m1/s1. The van der Waals surface area contributed by atoms with Gasteiger partial charge in [-0.2, -0.15) is 0 Å². The third-order valence-electron chi connectivity index (χ3n) is 4.06. The van der Waals surface area contributed by atoms with Crippen molar-refractivity contribution in [3.8, 4) is 0 Å². The third-order valence-corrected chi connectivity index (χ3v) is 4.06. The maximum Gasteiger partial charge on any atom is 0.551 e. The van der Waals surface area contributed by atoms with Crippen LogP contribution in [0.4, 0.5) is 5.69 Å². The smallest absolute Gasteiger partial charge is 0.430 e. The summed E-state index contributed by atoms with van der Waals surface area (Å²) in [5.41, 5.74) is 2.12. The number of nitrogens with zero attached hydrogens (tertiary/aromatic N) is 1. The summed E-state index contributed by atoms with van der Waals surface area (Å²) in [6, 6.07) is 8.04. The van der Waals surface area contributed by atoms with Crippen LogP contribution in [0.2, 0.25) is 0 Å². The molecule has 2 N–H and O–H groups in total. The molecule has 2 rings (SSSR count). The van der Waals surface area contributed by atoms with Crippen LogP contribution in [0, 0.1) is 0 Å². The first-order valence-corrected chi connectivity index (χ1v) is 8.49. The topological polar surface area (TPSA) is 46.7 Å². The van der Waals surface area contributed by atoms with Gasteiger partial charge in [0, 0.05) is 18.2 Å². The monoisotopic (exact) mass is 305 g/mol. The average molecular weight is 305 g/mol. The van der Waals surface area contributed by atoms with Gasteiger partial charge < -0.3 is 9.84 Å². The van der Waals surface area contributed by atoms with Crippen molar-refractivity contribution in [1.82, 2.24) is 4.90 Å². The molecule has 1 atom stereocenters. The molecule has 1 aromatic carbocycles. The molecule has 1 aliphatic rings. The lowest BCUT2D eigenvalue weighted by molar-refractivity contribution is -0.384. The average Bonchev–Trinajstić information content (AvgIpc) is 2.50. The van der Waals surface area contributed by atoms with E-state index in [2.05, 4.69) is 22.9 Å². The van der Waals surface area contributed by atoms with Gasteiger partial charge in [-0.25, -0.2) is 0 Å². The van der Waals surface area contributed by atoms with Crippen LogP contribution in [0.5, 0.6) is 0 Å². The number of aryl methyl sites for hydroxylation is 1. The number of nitrogens with one attached hydrogen (secondary N) is 1. The Hall–Kier alpha value is -1.55.